The molecular weight excluding hydrogens is 426 g/mol. The molecule has 7 heteroatoms. The standard InChI is InChI=1S/C27H35N5O2/c1-5-10-32-21(3)20(2)24-17-22(27(33)31-13-11-30(12-14-31)15-16-34-4)18-25(26(24)32)29-19-23-8-6-7-9-28-23/h5-9,17-18,29H,1,10-16,19H2,2-4H3. The Morgan fingerprint density at radius 3 is 2.68 bits per heavy atom. The first kappa shape index (κ1) is 24.0. The van der Waals surface area contributed by atoms with Crippen molar-refractivity contribution in [2.24, 2.45) is 0 Å². The van der Waals surface area contributed by atoms with Crippen molar-refractivity contribution in [2.75, 3.05) is 51.8 Å². The van der Waals surface area contributed by atoms with Crippen LogP contribution in [0.2, 0.25) is 0 Å². The third-order valence-electron chi connectivity index (χ3n) is 6.75. The van der Waals surface area contributed by atoms with Crippen molar-refractivity contribution in [1.82, 2.24) is 19.4 Å². The number of hydrogen-bond donors (Lipinski definition) is 1. The third-order valence-corrected chi connectivity index (χ3v) is 6.75. The number of nitrogens with one attached hydrogen (secondary N) is 1. The molecule has 3 heterocycles. The molecule has 4 rings (SSSR count). The average Bonchev–Trinajstić information content (AvgIpc) is 3.11. The minimum atomic E-state index is 0.0858. The third kappa shape index (κ3) is 5.00. The molecule has 1 aliphatic rings. The van der Waals surface area contributed by atoms with Gasteiger partial charge in [0.1, 0.15) is 0 Å². The van der Waals surface area contributed by atoms with Gasteiger partial charge >= 0.3 is 0 Å². The fraction of sp³-hybridized carbons (Fsp3) is 0.407. The van der Waals surface area contributed by atoms with Gasteiger partial charge in [-0.05, 0) is 43.7 Å². The molecule has 1 amide bonds. The number of anilines is 1. The summed E-state index contributed by atoms with van der Waals surface area (Å²) in [5, 5.41) is 4.67. The zero-order valence-electron chi connectivity index (χ0n) is 20.5. The van der Waals surface area contributed by atoms with Crippen LogP contribution in [0.15, 0.2) is 49.2 Å². The van der Waals surface area contributed by atoms with E-state index in [1.54, 1.807) is 13.3 Å². The van der Waals surface area contributed by atoms with E-state index >= 15 is 0 Å². The van der Waals surface area contributed by atoms with Crippen molar-refractivity contribution in [3.05, 3.63) is 71.7 Å². The molecule has 1 saturated heterocycles. The number of piperazine rings is 1. The summed E-state index contributed by atoms with van der Waals surface area (Å²) in [6.45, 7) is 14.3. The van der Waals surface area contributed by atoms with Crippen LogP contribution in [-0.2, 0) is 17.8 Å². The van der Waals surface area contributed by atoms with Crippen molar-refractivity contribution in [2.45, 2.75) is 26.9 Å². The molecule has 34 heavy (non-hydrogen) atoms. The first-order chi connectivity index (χ1) is 16.5. The van der Waals surface area contributed by atoms with Crippen LogP contribution in [-0.4, -0.2) is 71.7 Å². The summed E-state index contributed by atoms with van der Waals surface area (Å²) in [7, 11) is 1.72. The van der Waals surface area contributed by atoms with Gasteiger partial charge in [0, 0.05) is 69.2 Å². The predicted molar refractivity (Wildman–Crippen MR) is 137 cm³/mol. The Morgan fingerprint density at radius 1 is 1.21 bits per heavy atom. The van der Waals surface area contributed by atoms with E-state index in [2.05, 4.69) is 46.3 Å². The second-order valence-corrected chi connectivity index (χ2v) is 8.83. The number of fused-ring (bicyclic) bond motifs is 1. The van der Waals surface area contributed by atoms with Crippen LogP contribution < -0.4 is 5.32 Å². The largest absolute Gasteiger partial charge is 0.383 e. The molecular formula is C27H35N5O2. The number of carbonyl (C=O) groups is 1. The highest BCUT2D eigenvalue weighted by Gasteiger charge is 2.24. The number of pyridine rings is 1. The highest BCUT2D eigenvalue weighted by Crippen LogP contribution is 2.33. The molecule has 1 N–H and O–H groups in total. The van der Waals surface area contributed by atoms with Crippen LogP contribution in [0.4, 0.5) is 5.69 Å². The minimum Gasteiger partial charge on any atom is -0.383 e. The van der Waals surface area contributed by atoms with Crippen molar-refractivity contribution in [3.63, 3.8) is 0 Å². The number of rotatable bonds is 9. The fourth-order valence-electron chi connectivity index (χ4n) is 4.66. The number of nitrogens with zero attached hydrogens (tertiary/aromatic N) is 4. The molecule has 0 radical (unpaired) electrons. The van der Waals surface area contributed by atoms with Gasteiger partial charge in [0.25, 0.3) is 5.91 Å². The molecule has 7 nitrogen and oxygen atoms in total. The number of hydrogen-bond acceptors (Lipinski definition) is 5. The Bertz CT molecular complexity index is 1150. The predicted octanol–water partition coefficient (Wildman–Crippen LogP) is 3.86. The van der Waals surface area contributed by atoms with Gasteiger partial charge in [-0.15, -0.1) is 6.58 Å². The molecule has 0 unspecified atom stereocenters. The van der Waals surface area contributed by atoms with Crippen molar-refractivity contribution in [1.29, 1.82) is 0 Å². The number of aromatic nitrogens is 2. The Hall–Kier alpha value is -3.16. The van der Waals surface area contributed by atoms with E-state index in [4.69, 9.17) is 4.74 Å². The summed E-state index contributed by atoms with van der Waals surface area (Å²) in [5.41, 5.74) is 6.11. The van der Waals surface area contributed by atoms with E-state index in [1.165, 1.54) is 11.3 Å². The molecule has 0 atom stereocenters. The molecule has 0 spiro atoms. The van der Waals surface area contributed by atoms with E-state index < -0.39 is 0 Å². The SMILES string of the molecule is C=CCn1c(C)c(C)c2cc(C(=O)N3CCN(CCOC)CC3)cc(NCc3ccccn3)c21. The maximum Gasteiger partial charge on any atom is 0.254 e. The van der Waals surface area contributed by atoms with Crippen molar-refractivity contribution in [3.8, 4) is 0 Å². The van der Waals surface area contributed by atoms with E-state index in [9.17, 15) is 4.79 Å². The maximum atomic E-state index is 13.5. The van der Waals surface area contributed by atoms with Crippen LogP contribution in [0.1, 0.15) is 27.3 Å². The monoisotopic (exact) mass is 461 g/mol. The normalized spacial score (nSPS) is 14.5. The van der Waals surface area contributed by atoms with Crippen LogP contribution in [0.3, 0.4) is 0 Å². The van der Waals surface area contributed by atoms with Gasteiger partial charge in [0.05, 0.1) is 30.0 Å². The average molecular weight is 462 g/mol. The zero-order chi connectivity index (χ0) is 24.1. The molecule has 180 valence electrons. The number of methoxy groups -OCH3 is 1. The smallest absolute Gasteiger partial charge is 0.254 e. The molecule has 1 fully saturated rings. The van der Waals surface area contributed by atoms with Crippen molar-refractivity contribution >= 4 is 22.5 Å². The summed E-state index contributed by atoms with van der Waals surface area (Å²) in [6.07, 6.45) is 3.71. The topological polar surface area (TPSA) is 62.6 Å². The molecule has 1 aromatic carbocycles. The fourth-order valence-corrected chi connectivity index (χ4v) is 4.66. The van der Waals surface area contributed by atoms with Gasteiger partial charge in [-0.2, -0.15) is 0 Å². The lowest BCUT2D eigenvalue weighted by Gasteiger charge is -2.34. The highest BCUT2D eigenvalue weighted by molar-refractivity contribution is 6.04. The Balaban J connectivity index is 1.65. The van der Waals surface area contributed by atoms with Crippen LogP contribution in [0.5, 0.6) is 0 Å². The van der Waals surface area contributed by atoms with Gasteiger partial charge in [-0.1, -0.05) is 12.1 Å². The number of aryl methyl sites for hydroxylation is 1. The number of benzene rings is 1. The van der Waals surface area contributed by atoms with Crippen LogP contribution in [0, 0.1) is 13.8 Å². The van der Waals surface area contributed by atoms with Crippen LogP contribution >= 0.6 is 0 Å². The van der Waals surface area contributed by atoms with Gasteiger partial charge < -0.3 is 19.5 Å². The summed E-state index contributed by atoms with van der Waals surface area (Å²) < 4.78 is 7.46. The number of allylic oxidation sites excluding steroid dienone is 1. The van der Waals surface area contributed by atoms with Gasteiger partial charge in [-0.25, -0.2) is 0 Å². The number of carbonyl (C=O) groups excluding carboxylic acids is 1. The van der Waals surface area contributed by atoms with Crippen molar-refractivity contribution < 1.29 is 9.53 Å². The lowest BCUT2D eigenvalue weighted by atomic mass is 10.1. The van der Waals surface area contributed by atoms with E-state index in [0.717, 1.165) is 67.2 Å². The Kier molecular flexibility index (Phi) is 7.65. The number of ether oxygens (including phenoxy) is 1. The summed E-state index contributed by atoms with van der Waals surface area (Å²) in [5.74, 6) is 0.0858. The number of amides is 1. The van der Waals surface area contributed by atoms with E-state index in [-0.39, 0.29) is 5.91 Å². The van der Waals surface area contributed by atoms with Crippen LogP contribution in [0.25, 0.3) is 10.9 Å². The Morgan fingerprint density at radius 2 is 2.00 bits per heavy atom. The molecule has 1 aliphatic heterocycles. The van der Waals surface area contributed by atoms with E-state index in [0.29, 0.717) is 13.1 Å². The molecule has 3 aromatic rings. The van der Waals surface area contributed by atoms with Gasteiger partial charge in [-0.3, -0.25) is 14.7 Å². The van der Waals surface area contributed by atoms with Gasteiger partial charge in [0.15, 0.2) is 0 Å². The Labute approximate surface area is 202 Å². The molecule has 0 bridgehead atoms. The first-order valence-corrected chi connectivity index (χ1v) is 11.9. The lowest BCUT2D eigenvalue weighted by molar-refractivity contribution is 0.0594. The van der Waals surface area contributed by atoms with Gasteiger partial charge in [0.2, 0.25) is 0 Å². The summed E-state index contributed by atoms with van der Waals surface area (Å²) in [4.78, 5) is 22.3. The highest BCUT2D eigenvalue weighted by atomic mass is 16.5. The zero-order valence-corrected chi connectivity index (χ0v) is 20.5. The second-order valence-electron chi connectivity index (χ2n) is 8.83. The quantitative estimate of drug-likeness (QED) is 0.491. The summed E-state index contributed by atoms with van der Waals surface area (Å²) in [6, 6.07) is 9.96. The second kappa shape index (κ2) is 10.8. The van der Waals surface area contributed by atoms with E-state index in [1.807, 2.05) is 35.2 Å². The molecule has 0 aliphatic carbocycles. The maximum absolute atomic E-state index is 13.5. The minimum absolute atomic E-state index is 0.0858. The molecule has 2 aromatic heterocycles. The lowest BCUT2D eigenvalue weighted by Crippen LogP contribution is -2.49. The first-order valence-electron chi connectivity index (χ1n) is 11.9. The summed E-state index contributed by atoms with van der Waals surface area (Å²) >= 11 is 0. The molecule has 0 saturated carbocycles.